The molecule has 90 valence electrons. The lowest BCUT2D eigenvalue weighted by molar-refractivity contribution is -0.578. The van der Waals surface area contributed by atoms with Gasteiger partial charge in [-0.15, -0.1) is 0 Å². The number of halogens is 5. The van der Waals surface area contributed by atoms with Crippen LogP contribution in [0.1, 0.15) is 0 Å². The van der Waals surface area contributed by atoms with Crippen molar-refractivity contribution in [1.29, 1.82) is 0 Å². The molecule has 0 aromatic carbocycles. The molecule has 0 saturated carbocycles. The fraction of sp³-hybridized carbons (Fsp3) is 0.200. The summed E-state index contributed by atoms with van der Waals surface area (Å²) in [6, 6.07) is 4.05. The first kappa shape index (κ1) is 11.7. The topological polar surface area (TPSA) is 20.9 Å². The van der Waals surface area contributed by atoms with Crippen LogP contribution in [-0.4, -0.2) is 17.6 Å². The lowest BCUT2D eigenvalue weighted by atomic mass is 10.2. The van der Waals surface area contributed by atoms with E-state index in [1.807, 2.05) is 0 Å². The summed E-state index contributed by atoms with van der Waals surface area (Å²) < 4.78 is 65.4. The summed E-state index contributed by atoms with van der Waals surface area (Å²) in [4.78, 5) is 11.1. The molecule has 0 amide bonds. The predicted molar refractivity (Wildman–Crippen MR) is 45.9 cm³/mol. The van der Waals surface area contributed by atoms with Gasteiger partial charge in [0.15, 0.2) is 12.4 Å². The molecular weight excluding hydrogens is 245 g/mol. The van der Waals surface area contributed by atoms with Crippen LogP contribution in [0.15, 0.2) is 36.4 Å². The number of allylic oxidation sites excluding steroid dienone is 2. The third kappa shape index (κ3) is 1.38. The van der Waals surface area contributed by atoms with Crippen LogP contribution in [-0.2, 0) is 4.79 Å². The molecule has 17 heavy (non-hydrogen) atoms. The minimum absolute atomic E-state index is 0.604. The SMILES string of the molecule is O=C1C([n+]2ccccc2)=C(F)C(F)(F)C1(F)F. The van der Waals surface area contributed by atoms with E-state index in [0.29, 0.717) is 4.57 Å². The maximum absolute atomic E-state index is 13.2. The molecule has 0 aliphatic heterocycles. The maximum atomic E-state index is 13.2. The van der Waals surface area contributed by atoms with E-state index in [-0.39, 0.29) is 0 Å². The minimum atomic E-state index is -5.09. The van der Waals surface area contributed by atoms with Crippen molar-refractivity contribution in [2.24, 2.45) is 0 Å². The van der Waals surface area contributed by atoms with Crippen molar-refractivity contribution in [2.45, 2.75) is 11.8 Å². The van der Waals surface area contributed by atoms with Gasteiger partial charge in [-0.05, 0) is 0 Å². The zero-order valence-electron chi connectivity index (χ0n) is 8.13. The molecule has 1 aliphatic carbocycles. The van der Waals surface area contributed by atoms with Crippen molar-refractivity contribution in [1.82, 2.24) is 0 Å². The Balaban J connectivity index is 2.64. The molecule has 0 bridgehead atoms. The molecule has 0 spiro atoms. The number of nitrogens with zero attached hydrogens (tertiary/aromatic N) is 1. The second-order valence-electron chi connectivity index (χ2n) is 3.42. The van der Waals surface area contributed by atoms with Crippen molar-refractivity contribution in [3.8, 4) is 0 Å². The van der Waals surface area contributed by atoms with E-state index in [1.165, 1.54) is 18.2 Å². The van der Waals surface area contributed by atoms with Crippen molar-refractivity contribution in [3.05, 3.63) is 36.4 Å². The lowest BCUT2D eigenvalue weighted by Crippen LogP contribution is -2.44. The van der Waals surface area contributed by atoms with E-state index in [9.17, 15) is 26.7 Å². The predicted octanol–water partition coefficient (Wildman–Crippen LogP) is 1.97. The Labute approximate surface area is 92.0 Å². The largest absolute Gasteiger partial charge is 0.384 e. The Morgan fingerprint density at radius 1 is 0.941 bits per heavy atom. The Morgan fingerprint density at radius 3 is 1.88 bits per heavy atom. The molecule has 0 saturated heterocycles. The third-order valence-electron chi connectivity index (χ3n) is 2.35. The van der Waals surface area contributed by atoms with Crippen LogP contribution in [0.4, 0.5) is 22.0 Å². The van der Waals surface area contributed by atoms with Gasteiger partial charge in [-0.25, -0.2) is 0 Å². The maximum Gasteiger partial charge on any atom is 0.384 e. The van der Waals surface area contributed by atoms with Crippen molar-refractivity contribution >= 4 is 11.5 Å². The summed E-state index contributed by atoms with van der Waals surface area (Å²) in [5, 5.41) is 0. The highest BCUT2D eigenvalue weighted by atomic mass is 19.3. The van der Waals surface area contributed by atoms with Crippen molar-refractivity contribution in [2.75, 3.05) is 0 Å². The molecule has 2 rings (SSSR count). The van der Waals surface area contributed by atoms with Gasteiger partial charge >= 0.3 is 17.6 Å². The van der Waals surface area contributed by atoms with Crippen LogP contribution in [0.3, 0.4) is 0 Å². The number of hydrogen-bond acceptors (Lipinski definition) is 1. The first-order chi connectivity index (χ1) is 7.80. The number of ketones is 1. The molecule has 0 unspecified atom stereocenters. The first-order valence-corrected chi connectivity index (χ1v) is 4.47. The molecular formula is C10H5F5NO+. The number of hydrogen-bond donors (Lipinski definition) is 0. The minimum Gasteiger partial charge on any atom is -0.280 e. The number of rotatable bonds is 1. The standard InChI is InChI=1S/C10H5F5NO/c11-7-6(16-4-2-1-3-5-16)8(17)10(14,15)9(7,12)13/h1-5H/q+1. The normalized spacial score (nSPS) is 22.1. The summed E-state index contributed by atoms with van der Waals surface area (Å²) in [7, 11) is 0. The molecule has 0 N–H and O–H groups in total. The van der Waals surface area contributed by atoms with E-state index < -0.39 is 29.2 Å². The third-order valence-corrected chi connectivity index (χ3v) is 2.35. The summed E-state index contributed by atoms with van der Waals surface area (Å²) in [5.41, 5.74) is -1.33. The Kier molecular flexibility index (Phi) is 2.30. The fourth-order valence-corrected chi connectivity index (χ4v) is 1.46. The second-order valence-corrected chi connectivity index (χ2v) is 3.42. The zero-order chi connectivity index (χ0) is 12.8. The molecule has 0 fully saturated rings. The Morgan fingerprint density at radius 2 is 1.47 bits per heavy atom. The van der Waals surface area contributed by atoms with Crippen LogP contribution in [0, 0.1) is 0 Å². The van der Waals surface area contributed by atoms with Gasteiger partial charge in [-0.3, -0.25) is 4.79 Å². The zero-order valence-corrected chi connectivity index (χ0v) is 8.13. The number of pyridine rings is 1. The summed E-state index contributed by atoms with van der Waals surface area (Å²) in [6.45, 7) is 0. The highest BCUT2D eigenvalue weighted by Gasteiger charge is 2.75. The second kappa shape index (κ2) is 3.35. The molecule has 1 aromatic rings. The molecule has 0 radical (unpaired) electrons. The van der Waals surface area contributed by atoms with Crippen molar-refractivity contribution in [3.63, 3.8) is 0 Å². The van der Waals surface area contributed by atoms with Crippen LogP contribution in [0.2, 0.25) is 0 Å². The number of carbonyl (C=O) groups is 1. The Bertz CT molecular complexity index is 509. The quantitative estimate of drug-likeness (QED) is 0.551. The molecule has 7 heteroatoms. The van der Waals surface area contributed by atoms with Crippen LogP contribution >= 0.6 is 0 Å². The fourth-order valence-electron chi connectivity index (χ4n) is 1.46. The van der Waals surface area contributed by atoms with E-state index in [4.69, 9.17) is 0 Å². The van der Waals surface area contributed by atoms with E-state index >= 15 is 0 Å². The molecule has 1 aromatic heterocycles. The number of aromatic nitrogens is 1. The van der Waals surface area contributed by atoms with Gasteiger partial charge in [0.2, 0.25) is 0 Å². The molecule has 0 atom stereocenters. The van der Waals surface area contributed by atoms with Crippen LogP contribution < -0.4 is 4.57 Å². The highest BCUT2D eigenvalue weighted by Crippen LogP contribution is 2.49. The van der Waals surface area contributed by atoms with E-state index in [1.54, 1.807) is 0 Å². The monoisotopic (exact) mass is 250 g/mol. The first-order valence-electron chi connectivity index (χ1n) is 4.47. The van der Waals surface area contributed by atoms with Crippen LogP contribution in [0.5, 0.6) is 0 Å². The number of carbonyl (C=O) groups excluding carboxylic acids is 1. The van der Waals surface area contributed by atoms with Gasteiger partial charge in [-0.2, -0.15) is 26.5 Å². The van der Waals surface area contributed by atoms with Gasteiger partial charge in [0.05, 0.1) is 0 Å². The van der Waals surface area contributed by atoms with Gasteiger partial charge < -0.3 is 0 Å². The van der Waals surface area contributed by atoms with Gasteiger partial charge in [0.25, 0.3) is 11.5 Å². The number of Topliss-reactive ketones (excluding diaryl/α,β-unsaturated/α-hetero) is 1. The molecule has 1 aliphatic rings. The van der Waals surface area contributed by atoms with Gasteiger partial charge in [0, 0.05) is 12.1 Å². The average Bonchev–Trinajstić information content (AvgIpc) is 2.40. The van der Waals surface area contributed by atoms with Gasteiger partial charge in [0.1, 0.15) is 0 Å². The van der Waals surface area contributed by atoms with E-state index in [0.717, 1.165) is 12.4 Å². The average molecular weight is 250 g/mol. The Hall–Kier alpha value is -1.79. The summed E-state index contributed by atoms with van der Waals surface area (Å²) >= 11 is 0. The molecule has 1 heterocycles. The van der Waals surface area contributed by atoms with E-state index in [2.05, 4.69) is 0 Å². The van der Waals surface area contributed by atoms with Gasteiger partial charge in [-0.1, -0.05) is 6.07 Å². The lowest BCUT2D eigenvalue weighted by Gasteiger charge is -2.14. The smallest absolute Gasteiger partial charge is 0.280 e. The highest BCUT2D eigenvalue weighted by molar-refractivity contribution is 6.20. The van der Waals surface area contributed by atoms with Crippen LogP contribution in [0.25, 0.3) is 5.70 Å². The van der Waals surface area contributed by atoms with Crippen molar-refractivity contribution < 1.29 is 31.3 Å². The molecule has 2 nitrogen and oxygen atoms in total. The summed E-state index contributed by atoms with van der Waals surface area (Å²) in [6.07, 6.45) is 2.06. The summed E-state index contributed by atoms with van der Waals surface area (Å²) in [5.74, 6) is -14.8. The number of alkyl halides is 4.